The largest absolute Gasteiger partial charge is 0.395 e. The average molecular weight is 267 g/mol. The van der Waals surface area contributed by atoms with E-state index in [0.717, 1.165) is 26.1 Å². The predicted octanol–water partition coefficient (Wildman–Crippen LogP) is 0.772. The summed E-state index contributed by atoms with van der Waals surface area (Å²) in [6, 6.07) is 0. The summed E-state index contributed by atoms with van der Waals surface area (Å²) in [7, 11) is 1.73. The zero-order valence-corrected chi connectivity index (χ0v) is 12.4. The van der Waals surface area contributed by atoms with Crippen molar-refractivity contribution in [2.24, 2.45) is 7.05 Å². The minimum atomic E-state index is -0.153. The maximum absolute atomic E-state index is 12.0. The van der Waals surface area contributed by atoms with Gasteiger partial charge in [-0.1, -0.05) is 13.8 Å². The predicted molar refractivity (Wildman–Crippen MR) is 77.1 cm³/mol. The zero-order chi connectivity index (χ0) is 14.4. The molecule has 0 saturated heterocycles. The molecule has 1 amide bonds. The molecule has 0 bridgehead atoms. The van der Waals surface area contributed by atoms with Gasteiger partial charge in [-0.25, -0.2) is 0 Å². The van der Waals surface area contributed by atoms with Crippen molar-refractivity contribution in [3.63, 3.8) is 0 Å². The fourth-order valence-corrected chi connectivity index (χ4v) is 2.07. The Labute approximate surface area is 114 Å². The summed E-state index contributed by atoms with van der Waals surface area (Å²) in [6.45, 7) is 9.80. The van der Waals surface area contributed by atoms with Gasteiger partial charge in [-0.15, -0.1) is 0 Å². The van der Waals surface area contributed by atoms with Gasteiger partial charge in [0, 0.05) is 13.6 Å². The normalized spacial score (nSPS) is 11.0. The van der Waals surface area contributed by atoms with Crippen LogP contribution in [0.2, 0.25) is 0 Å². The zero-order valence-electron chi connectivity index (χ0n) is 12.4. The van der Waals surface area contributed by atoms with Gasteiger partial charge in [0.15, 0.2) is 0 Å². The summed E-state index contributed by atoms with van der Waals surface area (Å²) in [6.07, 6.45) is 0.935. The summed E-state index contributed by atoms with van der Waals surface area (Å²) in [5.41, 5.74) is 7.44. The molecule has 6 heteroatoms. The molecule has 108 valence electrons. The Hall–Kier alpha value is -1.56. The van der Waals surface area contributed by atoms with E-state index in [2.05, 4.69) is 29.2 Å². The molecule has 1 aromatic rings. The number of hydrogen-bond donors (Lipinski definition) is 2. The molecule has 0 fully saturated rings. The molecule has 0 spiro atoms. The Morgan fingerprint density at radius 2 is 2.05 bits per heavy atom. The summed E-state index contributed by atoms with van der Waals surface area (Å²) >= 11 is 0. The van der Waals surface area contributed by atoms with Crippen LogP contribution in [0, 0.1) is 6.92 Å². The number of nitrogen functional groups attached to an aromatic ring is 1. The highest BCUT2D eigenvalue weighted by Gasteiger charge is 2.17. The second-order valence-corrected chi connectivity index (χ2v) is 4.61. The quantitative estimate of drug-likeness (QED) is 0.716. The second kappa shape index (κ2) is 7.13. The van der Waals surface area contributed by atoms with Crippen LogP contribution in [0.15, 0.2) is 0 Å². The molecule has 19 heavy (non-hydrogen) atoms. The average Bonchev–Trinajstić information content (AvgIpc) is 2.63. The van der Waals surface area contributed by atoms with E-state index >= 15 is 0 Å². The van der Waals surface area contributed by atoms with Crippen LogP contribution in [0.25, 0.3) is 0 Å². The molecular weight excluding hydrogens is 242 g/mol. The Morgan fingerprint density at radius 1 is 1.42 bits per heavy atom. The fraction of sp³-hybridized carbons (Fsp3) is 0.692. The van der Waals surface area contributed by atoms with E-state index in [9.17, 15) is 4.79 Å². The number of nitrogens with one attached hydrogen (secondary N) is 1. The van der Waals surface area contributed by atoms with Gasteiger partial charge in [-0.3, -0.25) is 9.48 Å². The number of carbonyl (C=O) groups excluding carboxylic acids is 1. The van der Waals surface area contributed by atoms with E-state index < -0.39 is 0 Å². The van der Waals surface area contributed by atoms with Crippen LogP contribution < -0.4 is 11.1 Å². The highest BCUT2D eigenvalue weighted by Crippen LogP contribution is 2.14. The van der Waals surface area contributed by atoms with E-state index in [1.807, 2.05) is 0 Å². The van der Waals surface area contributed by atoms with E-state index in [4.69, 9.17) is 5.73 Å². The number of aromatic nitrogens is 2. The number of anilines is 1. The van der Waals surface area contributed by atoms with Gasteiger partial charge in [0.25, 0.3) is 5.91 Å². The molecule has 1 heterocycles. The number of nitrogens with two attached hydrogens (primary N) is 1. The molecule has 0 aromatic carbocycles. The van der Waals surface area contributed by atoms with E-state index in [-0.39, 0.29) is 5.91 Å². The summed E-state index contributed by atoms with van der Waals surface area (Å²) in [4.78, 5) is 14.3. The summed E-state index contributed by atoms with van der Waals surface area (Å²) in [5.74, 6) is -0.153. The van der Waals surface area contributed by atoms with Crippen molar-refractivity contribution in [1.29, 1.82) is 0 Å². The number of hydrogen-bond acceptors (Lipinski definition) is 4. The molecular formula is C13H25N5O. The minimum Gasteiger partial charge on any atom is -0.395 e. The number of rotatable bonds is 7. The Bertz CT molecular complexity index is 423. The molecule has 0 aliphatic heterocycles. The van der Waals surface area contributed by atoms with Crippen LogP contribution in [0.5, 0.6) is 0 Å². The highest BCUT2D eigenvalue weighted by atomic mass is 16.2. The lowest BCUT2D eigenvalue weighted by Crippen LogP contribution is -2.31. The van der Waals surface area contributed by atoms with Crippen molar-refractivity contribution in [3.8, 4) is 0 Å². The molecule has 0 radical (unpaired) electrons. The van der Waals surface area contributed by atoms with Crippen LogP contribution >= 0.6 is 0 Å². The van der Waals surface area contributed by atoms with Gasteiger partial charge in [0.05, 0.1) is 11.4 Å². The van der Waals surface area contributed by atoms with Crippen molar-refractivity contribution in [3.05, 3.63) is 11.4 Å². The van der Waals surface area contributed by atoms with Crippen LogP contribution in [0.4, 0.5) is 5.69 Å². The SMILES string of the molecule is CCN(CC)CCCNC(=O)c1c(N)c(C)nn1C. The van der Waals surface area contributed by atoms with Gasteiger partial charge >= 0.3 is 0 Å². The molecule has 0 aliphatic carbocycles. The lowest BCUT2D eigenvalue weighted by Gasteiger charge is -2.17. The molecule has 3 N–H and O–H groups in total. The van der Waals surface area contributed by atoms with Crippen LogP contribution in [-0.2, 0) is 7.05 Å². The van der Waals surface area contributed by atoms with E-state index in [1.54, 1.807) is 14.0 Å². The smallest absolute Gasteiger partial charge is 0.271 e. The molecule has 0 unspecified atom stereocenters. The third-order valence-electron chi connectivity index (χ3n) is 3.31. The van der Waals surface area contributed by atoms with Crippen molar-refractivity contribution in [2.75, 3.05) is 31.9 Å². The van der Waals surface area contributed by atoms with Crippen LogP contribution in [0.1, 0.15) is 36.5 Å². The molecule has 0 atom stereocenters. The van der Waals surface area contributed by atoms with Crippen molar-refractivity contribution in [1.82, 2.24) is 20.0 Å². The van der Waals surface area contributed by atoms with E-state index in [0.29, 0.717) is 23.6 Å². The van der Waals surface area contributed by atoms with Crippen LogP contribution in [0.3, 0.4) is 0 Å². The Kier molecular flexibility index (Phi) is 5.82. The minimum absolute atomic E-state index is 0.153. The Balaban J connectivity index is 2.44. The Morgan fingerprint density at radius 3 is 2.53 bits per heavy atom. The number of aryl methyl sites for hydroxylation is 2. The van der Waals surface area contributed by atoms with Gasteiger partial charge in [0.1, 0.15) is 5.69 Å². The first-order valence-corrected chi connectivity index (χ1v) is 6.80. The van der Waals surface area contributed by atoms with Gasteiger partial charge in [-0.05, 0) is 33.0 Å². The van der Waals surface area contributed by atoms with Gasteiger partial charge in [0.2, 0.25) is 0 Å². The first kappa shape index (κ1) is 15.5. The maximum atomic E-state index is 12.0. The van der Waals surface area contributed by atoms with Gasteiger partial charge < -0.3 is 16.0 Å². The third kappa shape index (κ3) is 3.96. The lowest BCUT2D eigenvalue weighted by molar-refractivity contribution is 0.0943. The standard InChI is InChI=1S/C13H25N5O/c1-5-18(6-2)9-7-8-15-13(19)12-11(14)10(3)16-17(12)4/h5-9,14H2,1-4H3,(H,15,19). The monoisotopic (exact) mass is 267 g/mol. The number of carbonyl (C=O) groups is 1. The lowest BCUT2D eigenvalue weighted by atomic mass is 10.3. The fourth-order valence-electron chi connectivity index (χ4n) is 2.07. The second-order valence-electron chi connectivity index (χ2n) is 4.61. The van der Waals surface area contributed by atoms with Crippen molar-refractivity contribution >= 4 is 11.6 Å². The molecule has 1 rings (SSSR count). The molecule has 1 aromatic heterocycles. The molecule has 0 aliphatic rings. The van der Waals surface area contributed by atoms with Gasteiger partial charge in [-0.2, -0.15) is 5.10 Å². The summed E-state index contributed by atoms with van der Waals surface area (Å²) < 4.78 is 1.53. The van der Waals surface area contributed by atoms with Crippen molar-refractivity contribution in [2.45, 2.75) is 27.2 Å². The first-order valence-electron chi connectivity index (χ1n) is 6.80. The van der Waals surface area contributed by atoms with Crippen LogP contribution in [-0.4, -0.2) is 46.8 Å². The van der Waals surface area contributed by atoms with Crippen molar-refractivity contribution < 1.29 is 4.79 Å². The number of amides is 1. The highest BCUT2D eigenvalue weighted by molar-refractivity contribution is 5.97. The van der Waals surface area contributed by atoms with E-state index in [1.165, 1.54) is 4.68 Å². The first-order chi connectivity index (χ1) is 9.01. The molecule has 6 nitrogen and oxygen atoms in total. The molecule has 0 saturated carbocycles. The maximum Gasteiger partial charge on any atom is 0.271 e. The number of nitrogens with zero attached hydrogens (tertiary/aromatic N) is 3. The topological polar surface area (TPSA) is 76.2 Å². The third-order valence-corrected chi connectivity index (χ3v) is 3.31. The summed E-state index contributed by atoms with van der Waals surface area (Å²) in [5, 5.41) is 7.03.